The summed E-state index contributed by atoms with van der Waals surface area (Å²) in [7, 11) is 2.01. The Kier molecular flexibility index (Phi) is 4.21. The predicted molar refractivity (Wildman–Crippen MR) is 87.6 cm³/mol. The van der Waals surface area contributed by atoms with Crippen molar-refractivity contribution in [2.45, 2.75) is 32.3 Å². The first-order valence-corrected chi connectivity index (χ1v) is 8.05. The fourth-order valence-corrected chi connectivity index (χ4v) is 3.47. The maximum Gasteiger partial charge on any atom is 0.227 e. The van der Waals surface area contributed by atoms with Gasteiger partial charge in [-0.15, -0.1) is 0 Å². The Morgan fingerprint density at radius 2 is 2.18 bits per heavy atom. The van der Waals surface area contributed by atoms with E-state index in [-0.39, 0.29) is 17.9 Å². The van der Waals surface area contributed by atoms with E-state index >= 15 is 0 Å². The van der Waals surface area contributed by atoms with Crippen molar-refractivity contribution in [1.29, 1.82) is 0 Å². The third-order valence-electron chi connectivity index (χ3n) is 4.81. The average Bonchev–Trinajstić information content (AvgIpc) is 2.84. The topological polar surface area (TPSA) is 45.5 Å². The minimum atomic E-state index is -0.340. The van der Waals surface area contributed by atoms with Gasteiger partial charge in [0.2, 0.25) is 5.91 Å². The van der Waals surface area contributed by atoms with E-state index in [0.29, 0.717) is 13.0 Å². The van der Waals surface area contributed by atoms with Gasteiger partial charge in [-0.2, -0.15) is 0 Å². The Morgan fingerprint density at radius 1 is 1.41 bits per heavy atom. The number of carbonyl (C=O) groups excluding carboxylic acids is 1. The zero-order chi connectivity index (χ0) is 15.7. The van der Waals surface area contributed by atoms with Gasteiger partial charge in [0.1, 0.15) is 0 Å². The SMILES string of the molecule is CC(O)C1CCCN(C(=O)Cc2cn(C)c3ccccc23)C1. The number of nitrogens with zero attached hydrogens (tertiary/aromatic N) is 2. The summed E-state index contributed by atoms with van der Waals surface area (Å²) < 4.78 is 2.08. The van der Waals surface area contributed by atoms with Crippen molar-refractivity contribution in [3.63, 3.8) is 0 Å². The highest BCUT2D eigenvalue weighted by molar-refractivity contribution is 5.89. The first-order valence-electron chi connectivity index (χ1n) is 8.05. The van der Waals surface area contributed by atoms with Crippen molar-refractivity contribution in [3.8, 4) is 0 Å². The number of carbonyl (C=O) groups is 1. The molecule has 1 aliphatic heterocycles. The number of aliphatic hydroxyl groups is 1. The lowest BCUT2D eigenvalue weighted by atomic mass is 9.93. The van der Waals surface area contributed by atoms with Crippen LogP contribution < -0.4 is 0 Å². The van der Waals surface area contributed by atoms with Crippen LogP contribution in [0.15, 0.2) is 30.5 Å². The van der Waals surface area contributed by atoms with Crippen molar-refractivity contribution >= 4 is 16.8 Å². The number of likely N-dealkylation sites (tertiary alicyclic amines) is 1. The minimum Gasteiger partial charge on any atom is -0.393 e. The number of hydrogen-bond donors (Lipinski definition) is 1. The van der Waals surface area contributed by atoms with E-state index < -0.39 is 0 Å². The second-order valence-corrected chi connectivity index (χ2v) is 6.44. The number of benzene rings is 1. The van der Waals surface area contributed by atoms with E-state index in [1.54, 1.807) is 0 Å². The summed E-state index contributed by atoms with van der Waals surface area (Å²) in [5.74, 6) is 0.381. The van der Waals surface area contributed by atoms with Gasteiger partial charge in [-0.25, -0.2) is 0 Å². The average molecular weight is 300 g/mol. The Labute approximate surface area is 131 Å². The summed E-state index contributed by atoms with van der Waals surface area (Å²) in [6.45, 7) is 3.32. The third-order valence-corrected chi connectivity index (χ3v) is 4.81. The van der Waals surface area contributed by atoms with Crippen LogP contribution >= 0.6 is 0 Å². The molecule has 0 radical (unpaired) electrons. The lowest BCUT2D eigenvalue weighted by Crippen LogP contribution is -2.43. The number of aromatic nitrogens is 1. The summed E-state index contributed by atoms with van der Waals surface area (Å²) >= 11 is 0. The van der Waals surface area contributed by atoms with Crippen LogP contribution in [0.2, 0.25) is 0 Å². The van der Waals surface area contributed by atoms with E-state index in [1.807, 2.05) is 31.0 Å². The number of amides is 1. The molecule has 2 atom stereocenters. The second kappa shape index (κ2) is 6.13. The molecule has 2 unspecified atom stereocenters. The molecule has 1 N–H and O–H groups in total. The fraction of sp³-hybridized carbons (Fsp3) is 0.500. The Morgan fingerprint density at radius 3 is 2.95 bits per heavy atom. The van der Waals surface area contributed by atoms with Gasteiger partial charge >= 0.3 is 0 Å². The van der Waals surface area contributed by atoms with Crippen LogP contribution in [0.3, 0.4) is 0 Å². The summed E-state index contributed by atoms with van der Waals surface area (Å²) in [5, 5.41) is 10.9. The molecule has 1 fully saturated rings. The van der Waals surface area contributed by atoms with Crippen LogP contribution in [-0.4, -0.2) is 39.7 Å². The molecule has 0 bridgehead atoms. The van der Waals surface area contributed by atoms with Gasteiger partial charge in [0.05, 0.1) is 12.5 Å². The Balaban J connectivity index is 1.76. The molecule has 1 saturated heterocycles. The number of aliphatic hydroxyl groups excluding tert-OH is 1. The zero-order valence-electron chi connectivity index (χ0n) is 13.3. The maximum absolute atomic E-state index is 12.6. The fourth-order valence-electron chi connectivity index (χ4n) is 3.47. The summed E-state index contributed by atoms with van der Waals surface area (Å²) in [6.07, 6.45) is 4.15. The lowest BCUT2D eigenvalue weighted by Gasteiger charge is -2.34. The van der Waals surface area contributed by atoms with Crippen molar-refractivity contribution in [3.05, 3.63) is 36.0 Å². The van der Waals surface area contributed by atoms with Gasteiger partial charge in [0.15, 0.2) is 0 Å². The minimum absolute atomic E-state index is 0.168. The highest BCUT2D eigenvalue weighted by atomic mass is 16.3. The number of fused-ring (bicyclic) bond motifs is 1. The van der Waals surface area contributed by atoms with Gasteiger partial charge < -0.3 is 14.6 Å². The summed E-state index contributed by atoms with van der Waals surface area (Å²) in [4.78, 5) is 14.5. The van der Waals surface area contributed by atoms with Gasteiger partial charge in [0, 0.05) is 43.2 Å². The number of para-hydroxylation sites is 1. The van der Waals surface area contributed by atoms with E-state index in [0.717, 1.165) is 35.9 Å². The molecule has 0 aliphatic carbocycles. The Bertz CT molecular complexity index is 675. The van der Waals surface area contributed by atoms with E-state index in [9.17, 15) is 9.90 Å². The number of hydrogen-bond acceptors (Lipinski definition) is 2. The molecule has 0 saturated carbocycles. The van der Waals surface area contributed by atoms with Gasteiger partial charge in [-0.3, -0.25) is 4.79 Å². The maximum atomic E-state index is 12.6. The number of piperidine rings is 1. The molecule has 1 aromatic carbocycles. The van der Waals surface area contributed by atoms with Crippen molar-refractivity contribution in [2.75, 3.05) is 13.1 Å². The zero-order valence-corrected chi connectivity index (χ0v) is 13.3. The van der Waals surface area contributed by atoms with Crippen LogP contribution in [0, 0.1) is 5.92 Å². The standard InChI is InChI=1S/C18H24N2O2/c1-13(21)14-6-5-9-20(12-14)18(22)10-15-11-19(2)17-8-4-3-7-16(15)17/h3-4,7-8,11,13-14,21H,5-6,9-10,12H2,1-2H3. The molecule has 2 heterocycles. The van der Waals surface area contributed by atoms with Crippen LogP contribution in [-0.2, 0) is 18.3 Å². The molecule has 4 nitrogen and oxygen atoms in total. The van der Waals surface area contributed by atoms with E-state index in [1.165, 1.54) is 0 Å². The lowest BCUT2D eigenvalue weighted by molar-refractivity contribution is -0.133. The van der Waals surface area contributed by atoms with E-state index in [2.05, 4.69) is 22.9 Å². The van der Waals surface area contributed by atoms with Crippen LogP contribution in [0.5, 0.6) is 0 Å². The normalized spacial score (nSPS) is 20.3. The molecule has 1 aromatic heterocycles. The third kappa shape index (κ3) is 2.88. The van der Waals surface area contributed by atoms with Crippen LogP contribution in [0.25, 0.3) is 10.9 Å². The van der Waals surface area contributed by atoms with Crippen molar-refractivity contribution in [2.24, 2.45) is 13.0 Å². The van der Waals surface area contributed by atoms with Crippen LogP contribution in [0.4, 0.5) is 0 Å². The number of rotatable bonds is 3. The molecule has 2 aromatic rings. The quantitative estimate of drug-likeness (QED) is 0.945. The van der Waals surface area contributed by atoms with E-state index in [4.69, 9.17) is 0 Å². The monoisotopic (exact) mass is 300 g/mol. The smallest absolute Gasteiger partial charge is 0.227 e. The Hall–Kier alpha value is -1.81. The first-order chi connectivity index (χ1) is 10.6. The van der Waals surface area contributed by atoms with Gasteiger partial charge in [-0.05, 0) is 31.4 Å². The summed E-state index contributed by atoms with van der Waals surface area (Å²) in [5.41, 5.74) is 2.24. The molecule has 1 aliphatic rings. The first kappa shape index (κ1) is 15.1. The predicted octanol–water partition coefficient (Wildman–Crippen LogP) is 2.34. The highest BCUT2D eigenvalue weighted by Gasteiger charge is 2.26. The molecule has 0 spiro atoms. The molecule has 3 rings (SSSR count). The summed E-state index contributed by atoms with van der Waals surface area (Å²) in [6, 6.07) is 8.19. The van der Waals surface area contributed by atoms with Crippen LogP contribution in [0.1, 0.15) is 25.3 Å². The highest BCUT2D eigenvalue weighted by Crippen LogP contribution is 2.23. The molecule has 118 valence electrons. The molecule has 22 heavy (non-hydrogen) atoms. The molecular formula is C18H24N2O2. The van der Waals surface area contributed by atoms with Gasteiger partial charge in [-0.1, -0.05) is 18.2 Å². The van der Waals surface area contributed by atoms with Crippen molar-refractivity contribution < 1.29 is 9.90 Å². The molecule has 4 heteroatoms. The van der Waals surface area contributed by atoms with Crippen molar-refractivity contribution in [1.82, 2.24) is 9.47 Å². The number of aryl methyl sites for hydroxylation is 1. The molecule has 1 amide bonds. The second-order valence-electron chi connectivity index (χ2n) is 6.44. The largest absolute Gasteiger partial charge is 0.393 e. The van der Waals surface area contributed by atoms with Gasteiger partial charge in [0.25, 0.3) is 0 Å². The molecular weight excluding hydrogens is 276 g/mol.